The summed E-state index contributed by atoms with van der Waals surface area (Å²) in [4.78, 5) is 10.3. The maximum absolute atomic E-state index is 10.3. The molecule has 0 amide bonds. The van der Waals surface area contributed by atoms with Crippen LogP contribution in [0.2, 0.25) is 0 Å². The van der Waals surface area contributed by atoms with Gasteiger partial charge in [0.1, 0.15) is 5.75 Å². The molecule has 17 heavy (non-hydrogen) atoms. The topological polar surface area (TPSA) is 58.6 Å². The number of aliphatic carboxylic acids is 1. The average molecular weight is 237 g/mol. The Morgan fingerprint density at radius 3 is 2.65 bits per heavy atom. The van der Waals surface area contributed by atoms with Crippen molar-refractivity contribution in [2.45, 2.75) is 26.3 Å². The van der Waals surface area contributed by atoms with E-state index in [1.165, 1.54) is 0 Å². The second kappa shape index (κ2) is 7.68. The minimum absolute atomic E-state index is 0.0191. The van der Waals surface area contributed by atoms with Gasteiger partial charge in [-0.05, 0) is 24.1 Å². The van der Waals surface area contributed by atoms with Crippen LogP contribution in [0.15, 0.2) is 24.3 Å². The van der Waals surface area contributed by atoms with Gasteiger partial charge in [-0.2, -0.15) is 0 Å². The van der Waals surface area contributed by atoms with Gasteiger partial charge in [0.05, 0.1) is 13.2 Å². The molecule has 0 aromatic heterocycles. The van der Waals surface area contributed by atoms with E-state index in [9.17, 15) is 4.79 Å². The molecule has 0 radical (unpaired) electrons. The molecule has 0 aliphatic rings. The zero-order chi connectivity index (χ0) is 12.5. The maximum atomic E-state index is 10.3. The summed E-state index contributed by atoms with van der Waals surface area (Å²) in [6.07, 6.45) is 2.18. The van der Waals surface area contributed by atoms with E-state index >= 15 is 0 Å². The van der Waals surface area contributed by atoms with Gasteiger partial charge in [0.2, 0.25) is 0 Å². The summed E-state index contributed by atoms with van der Waals surface area (Å²) >= 11 is 0. The van der Waals surface area contributed by atoms with Gasteiger partial charge >= 0.3 is 5.97 Å². The molecule has 0 aliphatic heterocycles. The molecule has 0 fully saturated rings. The van der Waals surface area contributed by atoms with Crippen LogP contribution < -0.4 is 10.1 Å². The molecule has 0 aliphatic carbocycles. The van der Waals surface area contributed by atoms with E-state index in [2.05, 4.69) is 12.2 Å². The van der Waals surface area contributed by atoms with Gasteiger partial charge in [-0.15, -0.1) is 0 Å². The highest BCUT2D eigenvalue weighted by atomic mass is 16.5. The highest BCUT2D eigenvalue weighted by molar-refractivity contribution is 5.68. The third-order valence-corrected chi connectivity index (χ3v) is 2.30. The second-order valence-corrected chi connectivity index (χ2v) is 3.84. The van der Waals surface area contributed by atoms with E-state index in [1.54, 1.807) is 0 Å². The van der Waals surface area contributed by atoms with Gasteiger partial charge < -0.3 is 15.2 Å². The van der Waals surface area contributed by atoms with Crippen molar-refractivity contribution >= 4 is 5.97 Å². The summed E-state index contributed by atoms with van der Waals surface area (Å²) in [5.41, 5.74) is 1.05. The van der Waals surface area contributed by atoms with Gasteiger partial charge in [0.15, 0.2) is 0 Å². The van der Waals surface area contributed by atoms with Crippen LogP contribution in [0.1, 0.15) is 25.3 Å². The van der Waals surface area contributed by atoms with Gasteiger partial charge in [-0.25, -0.2) is 0 Å². The Labute approximate surface area is 102 Å². The number of hydrogen-bond acceptors (Lipinski definition) is 3. The Hall–Kier alpha value is -1.55. The molecule has 0 heterocycles. The van der Waals surface area contributed by atoms with Crippen molar-refractivity contribution in [2.75, 3.05) is 13.2 Å². The Morgan fingerprint density at radius 1 is 1.35 bits per heavy atom. The first-order chi connectivity index (χ1) is 8.22. The van der Waals surface area contributed by atoms with Gasteiger partial charge in [0.25, 0.3) is 0 Å². The predicted octanol–water partition coefficient (Wildman–Crippen LogP) is 2.04. The first-order valence-corrected chi connectivity index (χ1v) is 5.86. The molecule has 0 saturated heterocycles. The van der Waals surface area contributed by atoms with E-state index in [0.717, 1.165) is 30.8 Å². The molecule has 2 N–H and O–H groups in total. The van der Waals surface area contributed by atoms with Crippen LogP contribution >= 0.6 is 0 Å². The molecule has 0 saturated carbocycles. The summed E-state index contributed by atoms with van der Waals surface area (Å²) < 4.78 is 5.53. The van der Waals surface area contributed by atoms with Crippen molar-refractivity contribution in [2.24, 2.45) is 0 Å². The molecule has 94 valence electrons. The number of carbonyl (C=O) groups is 1. The monoisotopic (exact) mass is 237 g/mol. The lowest BCUT2D eigenvalue weighted by atomic mass is 10.2. The average Bonchev–Trinajstić information content (AvgIpc) is 2.31. The molecule has 4 heteroatoms. The van der Waals surface area contributed by atoms with Gasteiger partial charge in [-0.3, -0.25) is 4.79 Å². The van der Waals surface area contributed by atoms with Crippen molar-refractivity contribution in [3.8, 4) is 5.75 Å². The van der Waals surface area contributed by atoms with Crippen LogP contribution in [0.25, 0.3) is 0 Å². The number of hydrogen-bond donors (Lipinski definition) is 2. The summed E-state index contributed by atoms with van der Waals surface area (Å²) in [6.45, 7) is 3.41. The lowest BCUT2D eigenvalue weighted by Gasteiger charge is -2.06. The summed E-state index contributed by atoms with van der Waals surface area (Å²) in [7, 11) is 0. The Kier molecular flexibility index (Phi) is 6.10. The van der Waals surface area contributed by atoms with Crippen molar-refractivity contribution in [3.05, 3.63) is 29.8 Å². The fourth-order valence-electron chi connectivity index (χ4n) is 1.35. The normalized spacial score (nSPS) is 10.2. The first kappa shape index (κ1) is 13.5. The second-order valence-electron chi connectivity index (χ2n) is 3.84. The largest absolute Gasteiger partial charge is 0.494 e. The standard InChI is InChI=1S/C13H19NO3/c1-2-3-8-17-12-6-4-11(5-7-12)9-14-10-13(15)16/h4-7,14H,2-3,8-10H2,1H3,(H,15,16). The lowest BCUT2D eigenvalue weighted by molar-refractivity contribution is -0.135. The number of carboxylic acid groups (broad SMARTS) is 1. The fourth-order valence-corrected chi connectivity index (χ4v) is 1.35. The predicted molar refractivity (Wildman–Crippen MR) is 66.2 cm³/mol. The van der Waals surface area contributed by atoms with Crippen molar-refractivity contribution in [1.82, 2.24) is 5.32 Å². The van der Waals surface area contributed by atoms with E-state index in [1.807, 2.05) is 24.3 Å². The van der Waals surface area contributed by atoms with Crippen molar-refractivity contribution < 1.29 is 14.6 Å². The Balaban J connectivity index is 2.31. The van der Waals surface area contributed by atoms with E-state index in [-0.39, 0.29) is 6.54 Å². The zero-order valence-electron chi connectivity index (χ0n) is 10.1. The van der Waals surface area contributed by atoms with Crippen molar-refractivity contribution in [3.63, 3.8) is 0 Å². The number of unbranched alkanes of at least 4 members (excludes halogenated alkanes) is 1. The highest BCUT2D eigenvalue weighted by Crippen LogP contribution is 2.12. The number of benzene rings is 1. The van der Waals surface area contributed by atoms with Crippen LogP contribution in [0.5, 0.6) is 5.75 Å². The molecule has 1 aromatic carbocycles. The molecule has 0 spiro atoms. The molecule has 0 bridgehead atoms. The molecule has 0 unspecified atom stereocenters. The number of carboxylic acids is 1. The van der Waals surface area contributed by atoms with Crippen LogP contribution in [-0.2, 0) is 11.3 Å². The lowest BCUT2D eigenvalue weighted by Crippen LogP contribution is -2.21. The van der Waals surface area contributed by atoms with Crippen LogP contribution in [0.4, 0.5) is 0 Å². The molecule has 4 nitrogen and oxygen atoms in total. The number of rotatable bonds is 8. The smallest absolute Gasteiger partial charge is 0.317 e. The molecular weight excluding hydrogens is 218 g/mol. The number of ether oxygens (including phenoxy) is 1. The Bertz CT molecular complexity index is 335. The third kappa shape index (κ3) is 5.92. The third-order valence-electron chi connectivity index (χ3n) is 2.30. The summed E-state index contributed by atoms with van der Waals surface area (Å²) in [5.74, 6) is 0.0185. The number of nitrogens with one attached hydrogen (secondary N) is 1. The van der Waals surface area contributed by atoms with Crippen LogP contribution in [0.3, 0.4) is 0 Å². The van der Waals surface area contributed by atoms with E-state index in [0.29, 0.717) is 6.54 Å². The molecular formula is C13H19NO3. The van der Waals surface area contributed by atoms with Gasteiger partial charge in [-0.1, -0.05) is 25.5 Å². The highest BCUT2D eigenvalue weighted by Gasteiger charge is 1.98. The zero-order valence-corrected chi connectivity index (χ0v) is 10.1. The van der Waals surface area contributed by atoms with E-state index in [4.69, 9.17) is 9.84 Å². The van der Waals surface area contributed by atoms with Crippen LogP contribution in [-0.4, -0.2) is 24.2 Å². The van der Waals surface area contributed by atoms with Crippen LogP contribution in [0, 0.1) is 0 Å². The summed E-state index contributed by atoms with van der Waals surface area (Å²) in [5, 5.41) is 11.3. The first-order valence-electron chi connectivity index (χ1n) is 5.86. The Morgan fingerprint density at radius 2 is 2.06 bits per heavy atom. The summed E-state index contributed by atoms with van der Waals surface area (Å²) in [6, 6.07) is 7.70. The minimum atomic E-state index is -0.843. The maximum Gasteiger partial charge on any atom is 0.317 e. The molecule has 1 aromatic rings. The molecule has 1 rings (SSSR count). The van der Waals surface area contributed by atoms with Gasteiger partial charge in [0, 0.05) is 6.54 Å². The molecule has 0 atom stereocenters. The van der Waals surface area contributed by atoms with Crippen molar-refractivity contribution in [1.29, 1.82) is 0 Å². The minimum Gasteiger partial charge on any atom is -0.494 e. The fraction of sp³-hybridized carbons (Fsp3) is 0.462. The quantitative estimate of drug-likeness (QED) is 0.679. The SMILES string of the molecule is CCCCOc1ccc(CNCC(=O)O)cc1. The van der Waals surface area contributed by atoms with E-state index < -0.39 is 5.97 Å².